The van der Waals surface area contributed by atoms with E-state index in [1.165, 1.54) is 0 Å². The minimum Gasteiger partial charge on any atom is -0.383 e. The number of rotatable bonds is 8. The summed E-state index contributed by atoms with van der Waals surface area (Å²) < 4.78 is 31.8. The van der Waals surface area contributed by atoms with Crippen molar-refractivity contribution < 1.29 is 13.2 Å². The second-order valence-electron chi connectivity index (χ2n) is 5.46. The maximum absolute atomic E-state index is 12.0. The minimum atomic E-state index is -3.30. The molecule has 17 heavy (non-hydrogen) atoms. The van der Waals surface area contributed by atoms with Gasteiger partial charge in [-0.25, -0.2) is 13.1 Å². The van der Waals surface area contributed by atoms with Crippen molar-refractivity contribution in [3.63, 3.8) is 0 Å². The molecule has 0 bridgehead atoms. The van der Waals surface area contributed by atoms with E-state index in [4.69, 9.17) is 4.74 Å². The maximum atomic E-state index is 12.0. The van der Waals surface area contributed by atoms with Crippen LogP contribution in [0.1, 0.15) is 33.6 Å². The first-order valence-corrected chi connectivity index (χ1v) is 7.56. The van der Waals surface area contributed by atoms with Gasteiger partial charge in [0.2, 0.25) is 10.0 Å². The standard InChI is InChI=1S/C11H24N2O3S/c1-9(7-12-10-5-6-10)17(14,15)13-11(2,3)8-16-4/h9-10,12-13H,5-8H2,1-4H3. The summed E-state index contributed by atoms with van der Waals surface area (Å²) in [6, 6.07) is 0.527. The summed E-state index contributed by atoms with van der Waals surface area (Å²) in [6.45, 7) is 6.21. The van der Waals surface area contributed by atoms with Gasteiger partial charge >= 0.3 is 0 Å². The summed E-state index contributed by atoms with van der Waals surface area (Å²) in [5.41, 5.74) is -0.568. The highest BCUT2D eigenvalue weighted by molar-refractivity contribution is 7.90. The molecule has 1 aliphatic rings. The van der Waals surface area contributed by atoms with Gasteiger partial charge in [-0.05, 0) is 33.6 Å². The Bertz CT molecular complexity index is 337. The molecule has 0 amide bonds. The van der Waals surface area contributed by atoms with Gasteiger partial charge in [0.25, 0.3) is 0 Å². The zero-order chi connectivity index (χ0) is 13.1. The second-order valence-corrected chi connectivity index (χ2v) is 7.56. The number of sulfonamides is 1. The number of ether oxygens (including phenoxy) is 1. The van der Waals surface area contributed by atoms with Gasteiger partial charge in [0.1, 0.15) is 0 Å². The number of methoxy groups -OCH3 is 1. The predicted octanol–water partition coefficient (Wildman–Crippen LogP) is 0.471. The van der Waals surface area contributed by atoms with Gasteiger partial charge in [-0.3, -0.25) is 0 Å². The van der Waals surface area contributed by atoms with Gasteiger partial charge in [-0.2, -0.15) is 0 Å². The first-order chi connectivity index (χ1) is 7.77. The van der Waals surface area contributed by atoms with Crippen LogP contribution in [0.5, 0.6) is 0 Å². The van der Waals surface area contributed by atoms with Crippen LogP contribution in [0.15, 0.2) is 0 Å². The van der Waals surface area contributed by atoms with Gasteiger partial charge in [-0.1, -0.05) is 0 Å². The van der Waals surface area contributed by atoms with Gasteiger partial charge in [-0.15, -0.1) is 0 Å². The van der Waals surface area contributed by atoms with E-state index >= 15 is 0 Å². The van der Waals surface area contributed by atoms with Crippen LogP contribution in [0.3, 0.4) is 0 Å². The molecule has 0 spiro atoms. The summed E-state index contributed by atoms with van der Waals surface area (Å²) >= 11 is 0. The molecule has 1 rings (SSSR count). The molecule has 1 fully saturated rings. The number of nitrogens with one attached hydrogen (secondary N) is 2. The summed E-state index contributed by atoms with van der Waals surface area (Å²) in [4.78, 5) is 0. The van der Waals surface area contributed by atoms with E-state index < -0.39 is 20.8 Å². The molecule has 0 aliphatic heterocycles. The Labute approximate surface area is 104 Å². The molecule has 1 saturated carbocycles. The summed E-state index contributed by atoms with van der Waals surface area (Å²) in [6.07, 6.45) is 2.32. The molecule has 0 aromatic rings. The summed E-state index contributed by atoms with van der Waals surface area (Å²) in [7, 11) is -1.74. The monoisotopic (exact) mass is 264 g/mol. The highest BCUT2D eigenvalue weighted by Crippen LogP contribution is 2.19. The lowest BCUT2D eigenvalue weighted by molar-refractivity contribution is 0.141. The lowest BCUT2D eigenvalue weighted by Crippen LogP contribution is -2.51. The van der Waals surface area contributed by atoms with E-state index in [0.29, 0.717) is 19.2 Å². The van der Waals surface area contributed by atoms with Crippen LogP contribution in [0.2, 0.25) is 0 Å². The van der Waals surface area contributed by atoms with Crippen molar-refractivity contribution in [3.05, 3.63) is 0 Å². The van der Waals surface area contributed by atoms with Crippen molar-refractivity contribution in [3.8, 4) is 0 Å². The van der Waals surface area contributed by atoms with Gasteiger partial charge in [0.05, 0.1) is 17.4 Å². The topological polar surface area (TPSA) is 67.4 Å². The minimum absolute atomic E-state index is 0.356. The highest BCUT2D eigenvalue weighted by Gasteiger charge is 2.30. The average molecular weight is 264 g/mol. The lowest BCUT2D eigenvalue weighted by atomic mass is 10.1. The Morgan fingerprint density at radius 3 is 2.47 bits per heavy atom. The zero-order valence-electron chi connectivity index (χ0n) is 11.1. The quantitative estimate of drug-likeness (QED) is 0.669. The summed E-state index contributed by atoms with van der Waals surface area (Å²) in [5.74, 6) is 0. The van der Waals surface area contributed by atoms with Crippen molar-refractivity contribution in [1.29, 1.82) is 0 Å². The maximum Gasteiger partial charge on any atom is 0.216 e. The second kappa shape index (κ2) is 5.65. The van der Waals surface area contributed by atoms with E-state index in [2.05, 4.69) is 10.0 Å². The third-order valence-electron chi connectivity index (χ3n) is 2.72. The third-order valence-corrected chi connectivity index (χ3v) is 4.79. The first kappa shape index (κ1) is 14.9. The Balaban J connectivity index is 2.47. The fourth-order valence-corrected chi connectivity index (χ4v) is 2.95. The van der Waals surface area contributed by atoms with Crippen molar-refractivity contribution in [2.75, 3.05) is 20.3 Å². The van der Waals surface area contributed by atoms with Crippen LogP contribution in [-0.4, -0.2) is 45.5 Å². The van der Waals surface area contributed by atoms with Gasteiger partial charge < -0.3 is 10.1 Å². The molecule has 1 unspecified atom stereocenters. The molecule has 0 saturated heterocycles. The molecule has 6 heteroatoms. The molecule has 1 aliphatic carbocycles. The normalized spacial score (nSPS) is 19.3. The highest BCUT2D eigenvalue weighted by atomic mass is 32.2. The molecule has 0 heterocycles. The van der Waals surface area contributed by atoms with Crippen LogP contribution in [0, 0.1) is 0 Å². The Hall–Kier alpha value is -0.170. The smallest absolute Gasteiger partial charge is 0.216 e. The van der Waals surface area contributed by atoms with Crippen LogP contribution >= 0.6 is 0 Å². The molecular weight excluding hydrogens is 240 g/mol. The van der Waals surface area contributed by atoms with Crippen molar-refractivity contribution in [2.24, 2.45) is 0 Å². The molecule has 0 aromatic carbocycles. The molecule has 0 aromatic heterocycles. The van der Waals surface area contributed by atoms with Crippen LogP contribution in [0.4, 0.5) is 0 Å². The van der Waals surface area contributed by atoms with Crippen molar-refractivity contribution in [1.82, 2.24) is 10.0 Å². The van der Waals surface area contributed by atoms with Gasteiger partial charge in [0.15, 0.2) is 0 Å². The fourth-order valence-electron chi connectivity index (χ4n) is 1.61. The molecule has 5 nitrogen and oxygen atoms in total. The lowest BCUT2D eigenvalue weighted by Gasteiger charge is -2.27. The predicted molar refractivity (Wildman–Crippen MR) is 68.5 cm³/mol. The van der Waals surface area contributed by atoms with Crippen LogP contribution < -0.4 is 10.0 Å². The third kappa shape index (κ3) is 5.33. The van der Waals surface area contributed by atoms with Crippen LogP contribution in [0.25, 0.3) is 0 Å². The number of hydrogen-bond acceptors (Lipinski definition) is 4. The van der Waals surface area contributed by atoms with E-state index in [9.17, 15) is 8.42 Å². The molecule has 1 atom stereocenters. The molecule has 102 valence electrons. The molecule has 2 N–H and O–H groups in total. The SMILES string of the molecule is COCC(C)(C)NS(=O)(=O)C(C)CNC1CC1. The Kier molecular flexibility index (Phi) is 4.95. The first-order valence-electron chi connectivity index (χ1n) is 6.02. The van der Waals surface area contributed by atoms with Crippen molar-refractivity contribution >= 4 is 10.0 Å². The van der Waals surface area contributed by atoms with E-state index in [-0.39, 0.29) is 0 Å². The largest absolute Gasteiger partial charge is 0.383 e. The molecular formula is C11H24N2O3S. The fraction of sp³-hybridized carbons (Fsp3) is 1.00. The van der Waals surface area contributed by atoms with E-state index in [1.807, 2.05) is 13.8 Å². The van der Waals surface area contributed by atoms with Gasteiger partial charge in [0, 0.05) is 19.7 Å². The summed E-state index contributed by atoms with van der Waals surface area (Å²) in [5, 5.41) is 2.80. The number of hydrogen-bond donors (Lipinski definition) is 2. The molecule has 0 radical (unpaired) electrons. The Morgan fingerprint density at radius 1 is 1.41 bits per heavy atom. The van der Waals surface area contributed by atoms with Crippen molar-refractivity contribution in [2.45, 2.75) is 50.4 Å². The Morgan fingerprint density at radius 2 is 2.00 bits per heavy atom. The van der Waals surface area contributed by atoms with E-state index in [1.54, 1.807) is 14.0 Å². The van der Waals surface area contributed by atoms with E-state index in [0.717, 1.165) is 12.8 Å². The zero-order valence-corrected chi connectivity index (χ0v) is 11.9. The average Bonchev–Trinajstić information content (AvgIpc) is 2.95. The van der Waals surface area contributed by atoms with Crippen LogP contribution in [-0.2, 0) is 14.8 Å².